The first kappa shape index (κ1) is 13.6. The molecule has 0 amide bonds. The summed E-state index contributed by atoms with van der Waals surface area (Å²) in [5.41, 5.74) is 11.8. The molecule has 1 aliphatic heterocycles. The average molecular weight is 247 g/mol. The van der Waals surface area contributed by atoms with Crippen molar-refractivity contribution in [2.45, 2.75) is 52.0 Å². The molecule has 0 aromatic heterocycles. The van der Waals surface area contributed by atoms with E-state index in [-0.39, 0.29) is 11.0 Å². The molecule has 0 radical (unpaired) electrons. The summed E-state index contributed by atoms with van der Waals surface area (Å²) >= 11 is 0. The number of hydrogen-bond acceptors (Lipinski definition) is 2. The highest BCUT2D eigenvalue weighted by Crippen LogP contribution is 2.41. The van der Waals surface area contributed by atoms with Crippen LogP contribution in [0.5, 0.6) is 0 Å². The van der Waals surface area contributed by atoms with Crippen molar-refractivity contribution in [2.24, 2.45) is 5.73 Å². The van der Waals surface area contributed by atoms with Gasteiger partial charge in [0.05, 0.1) is 13.2 Å². The molecule has 0 aliphatic carbocycles. The fourth-order valence-corrected chi connectivity index (χ4v) is 3.10. The lowest BCUT2D eigenvalue weighted by atomic mass is 9.69. The molecule has 18 heavy (non-hydrogen) atoms. The second-order valence-corrected chi connectivity index (χ2v) is 6.62. The third kappa shape index (κ3) is 2.32. The molecule has 0 unspecified atom stereocenters. The predicted octanol–water partition coefficient (Wildman–Crippen LogP) is 3.01. The van der Waals surface area contributed by atoms with Gasteiger partial charge in [-0.05, 0) is 63.3 Å². The number of ether oxygens (including phenoxy) is 1. The third-order valence-electron chi connectivity index (χ3n) is 4.18. The van der Waals surface area contributed by atoms with E-state index in [1.807, 2.05) is 0 Å². The van der Waals surface area contributed by atoms with E-state index in [0.717, 1.165) is 19.6 Å². The molecular weight excluding hydrogens is 222 g/mol. The number of aryl methyl sites for hydroxylation is 1. The van der Waals surface area contributed by atoms with E-state index in [1.54, 1.807) is 0 Å². The zero-order valence-electron chi connectivity index (χ0n) is 12.3. The second kappa shape index (κ2) is 4.36. The van der Waals surface area contributed by atoms with E-state index in [4.69, 9.17) is 10.5 Å². The molecule has 0 atom stereocenters. The number of benzene rings is 1. The van der Waals surface area contributed by atoms with E-state index in [0.29, 0.717) is 0 Å². The fourth-order valence-electron chi connectivity index (χ4n) is 3.10. The highest BCUT2D eigenvalue weighted by molar-refractivity contribution is 5.44. The minimum absolute atomic E-state index is 0.126. The van der Waals surface area contributed by atoms with Gasteiger partial charge in [0.25, 0.3) is 0 Å². The summed E-state index contributed by atoms with van der Waals surface area (Å²) in [6, 6.07) is 4.49. The molecule has 1 aromatic carbocycles. The Bertz CT molecular complexity index is 453. The van der Waals surface area contributed by atoms with Gasteiger partial charge in [-0.1, -0.05) is 12.1 Å². The fraction of sp³-hybridized carbons (Fsp3) is 0.625. The Morgan fingerprint density at radius 1 is 1.17 bits per heavy atom. The molecule has 2 N–H and O–H groups in total. The summed E-state index contributed by atoms with van der Waals surface area (Å²) < 4.78 is 5.51. The molecule has 0 bridgehead atoms. The SMILES string of the molecule is Cc1ccc(C2(CC(C)(C)N)COC2)c(C)c1C. The van der Waals surface area contributed by atoms with Crippen LogP contribution in [0.25, 0.3) is 0 Å². The quantitative estimate of drug-likeness (QED) is 0.891. The molecule has 1 heterocycles. The van der Waals surface area contributed by atoms with Crippen molar-refractivity contribution in [3.05, 3.63) is 34.4 Å². The van der Waals surface area contributed by atoms with Crippen LogP contribution in [-0.2, 0) is 10.2 Å². The minimum atomic E-state index is -0.158. The zero-order chi connectivity index (χ0) is 13.6. The summed E-state index contributed by atoms with van der Waals surface area (Å²) in [5, 5.41) is 0. The lowest BCUT2D eigenvalue weighted by molar-refractivity contribution is -0.0722. The van der Waals surface area contributed by atoms with Gasteiger partial charge in [0.2, 0.25) is 0 Å². The van der Waals surface area contributed by atoms with Crippen LogP contribution in [0, 0.1) is 20.8 Å². The van der Waals surface area contributed by atoms with Gasteiger partial charge < -0.3 is 10.5 Å². The first-order valence-electron chi connectivity index (χ1n) is 6.69. The molecule has 1 aliphatic rings. The van der Waals surface area contributed by atoms with Crippen molar-refractivity contribution in [2.75, 3.05) is 13.2 Å². The van der Waals surface area contributed by atoms with Crippen molar-refractivity contribution in [1.29, 1.82) is 0 Å². The molecule has 0 saturated carbocycles. The van der Waals surface area contributed by atoms with Crippen LogP contribution >= 0.6 is 0 Å². The highest BCUT2D eigenvalue weighted by Gasteiger charge is 2.44. The van der Waals surface area contributed by atoms with Crippen molar-refractivity contribution in [3.63, 3.8) is 0 Å². The van der Waals surface area contributed by atoms with Gasteiger partial charge in [0.1, 0.15) is 0 Å². The standard InChI is InChI=1S/C16H25NO/c1-11-6-7-14(13(3)12(11)2)16(9-18-10-16)8-15(4,5)17/h6-7H,8-10,17H2,1-5H3. The Labute approximate surface area is 111 Å². The van der Waals surface area contributed by atoms with Crippen LogP contribution in [0.4, 0.5) is 0 Å². The Morgan fingerprint density at radius 2 is 1.78 bits per heavy atom. The van der Waals surface area contributed by atoms with Gasteiger partial charge >= 0.3 is 0 Å². The first-order chi connectivity index (χ1) is 8.25. The molecule has 100 valence electrons. The topological polar surface area (TPSA) is 35.2 Å². The molecule has 0 spiro atoms. The summed E-state index contributed by atoms with van der Waals surface area (Å²) in [6.07, 6.45) is 0.976. The van der Waals surface area contributed by atoms with Crippen molar-refractivity contribution in [1.82, 2.24) is 0 Å². The van der Waals surface area contributed by atoms with Crippen LogP contribution in [0.1, 0.15) is 42.5 Å². The van der Waals surface area contributed by atoms with Crippen LogP contribution in [0.15, 0.2) is 12.1 Å². The van der Waals surface area contributed by atoms with Crippen molar-refractivity contribution >= 4 is 0 Å². The second-order valence-electron chi connectivity index (χ2n) is 6.62. The summed E-state index contributed by atoms with van der Waals surface area (Å²) in [4.78, 5) is 0. The van der Waals surface area contributed by atoms with E-state index in [9.17, 15) is 0 Å². The Morgan fingerprint density at radius 3 is 2.22 bits per heavy atom. The smallest absolute Gasteiger partial charge is 0.0586 e. The molecule has 1 fully saturated rings. The summed E-state index contributed by atoms with van der Waals surface area (Å²) in [6.45, 7) is 12.4. The Balaban J connectivity index is 2.43. The lowest BCUT2D eigenvalue weighted by Crippen LogP contribution is -2.53. The number of nitrogens with two attached hydrogens (primary N) is 1. The van der Waals surface area contributed by atoms with Gasteiger partial charge in [-0.25, -0.2) is 0 Å². The molecular formula is C16H25NO. The first-order valence-corrected chi connectivity index (χ1v) is 6.69. The number of hydrogen-bond donors (Lipinski definition) is 1. The van der Waals surface area contributed by atoms with Gasteiger partial charge in [-0.15, -0.1) is 0 Å². The van der Waals surface area contributed by atoms with E-state index >= 15 is 0 Å². The average Bonchev–Trinajstić information content (AvgIpc) is 2.20. The van der Waals surface area contributed by atoms with E-state index in [2.05, 4.69) is 46.8 Å². The monoisotopic (exact) mass is 247 g/mol. The number of rotatable bonds is 3. The van der Waals surface area contributed by atoms with Crippen LogP contribution in [-0.4, -0.2) is 18.8 Å². The summed E-state index contributed by atoms with van der Waals surface area (Å²) in [5.74, 6) is 0. The zero-order valence-corrected chi connectivity index (χ0v) is 12.3. The Kier molecular flexibility index (Phi) is 3.28. The maximum Gasteiger partial charge on any atom is 0.0586 e. The minimum Gasteiger partial charge on any atom is -0.379 e. The van der Waals surface area contributed by atoms with Crippen LogP contribution < -0.4 is 5.73 Å². The normalized spacial score (nSPS) is 18.6. The molecule has 2 rings (SSSR count). The summed E-state index contributed by atoms with van der Waals surface area (Å²) in [7, 11) is 0. The Hall–Kier alpha value is -0.860. The highest BCUT2D eigenvalue weighted by atomic mass is 16.5. The molecule has 2 nitrogen and oxygen atoms in total. The van der Waals surface area contributed by atoms with Gasteiger partial charge in [0.15, 0.2) is 0 Å². The van der Waals surface area contributed by atoms with Crippen LogP contribution in [0.3, 0.4) is 0 Å². The maximum absolute atomic E-state index is 6.23. The third-order valence-corrected chi connectivity index (χ3v) is 4.18. The largest absolute Gasteiger partial charge is 0.379 e. The van der Waals surface area contributed by atoms with Gasteiger partial charge in [-0.3, -0.25) is 0 Å². The maximum atomic E-state index is 6.23. The van der Waals surface area contributed by atoms with E-state index in [1.165, 1.54) is 22.3 Å². The van der Waals surface area contributed by atoms with Crippen molar-refractivity contribution in [3.8, 4) is 0 Å². The van der Waals surface area contributed by atoms with Gasteiger partial charge in [-0.2, -0.15) is 0 Å². The van der Waals surface area contributed by atoms with E-state index < -0.39 is 0 Å². The predicted molar refractivity (Wildman–Crippen MR) is 76.0 cm³/mol. The van der Waals surface area contributed by atoms with Crippen molar-refractivity contribution < 1.29 is 4.74 Å². The molecule has 1 aromatic rings. The van der Waals surface area contributed by atoms with Gasteiger partial charge in [0, 0.05) is 11.0 Å². The lowest BCUT2D eigenvalue weighted by Gasteiger charge is -2.46. The molecule has 1 saturated heterocycles. The molecule has 2 heteroatoms. The van der Waals surface area contributed by atoms with Crippen LogP contribution in [0.2, 0.25) is 0 Å².